The molecule has 0 radical (unpaired) electrons. The number of aromatic nitrogens is 3. The van der Waals surface area contributed by atoms with Crippen LogP contribution in [0, 0.1) is 17.7 Å². The number of carbonyl (C=O) groups is 3. The largest absolute Gasteiger partial charge is 0.444 e. The van der Waals surface area contributed by atoms with Gasteiger partial charge in [-0.05, 0) is 45.2 Å². The standard InChI is InChI=1S/C28H39FN6O5/c1-19(2)15-34(26(37)23-18-35(31-30-23)24-9-7-6-8-22(24)29)21-14-20(25(36)32-10-12-39-13-11-32)16-33(17-21)27(38)40-28(3,4)5/h6-9,18-21H,10-17H2,1-5H3/t20-,21+/m1/s1. The molecule has 0 saturated carbocycles. The van der Waals surface area contributed by atoms with E-state index in [0.29, 0.717) is 39.3 Å². The van der Waals surface area contributed by atoms with Crippen molar-refractivity contribution >= 4 is 17.9 Å². The Labute approximate surface area is 234 Å². The number of amides is 3. The number of rotatable bonds is 6. The van der Waals surface area contributed by atoms with Gasteiger partial charge >= 0.3 is 6.09 Å². The van der Waals surface area contributed by atoms with Crippen molar-refractivity contribution in [2.45, 2.75) is 52.7 Å². The fourth-order valence-corrected chi connectivity index (χ4v) is 5.05. The van der Waals surface area contributed by atoms with E-state index in [1.165, 1.54) is 21.8 Å². The zero-order valence-corrected chi connectivity index (χ0v) is 23.9. The minimum Gasteiger partial charge on any atom is -0.444 e. The van der Waals surface area contributed by atoms with Crippen LogP contribution < -0.4 is 0 Å². The summed E-state index contributed by atoms with van der Waals surface area (Å²) in [5, 5.41) is 8.03. The highest BCUT2D eigenvalue weighted by Gasteiger charge is 2.41. The van der Waals surface area contributed by atoms with Crippen molar-refractivity contribution in [2.75, 3.05) is 45.9 Å². The number of morpholine rings is 1. The van der Waals surface area contributed by atoms with Gasteiger partial charge in [0.2, 0.25) is 5.91 Å². The summed E-state index contributed by atoms with van der Waals surface area (Å²) in [4.78, 5) is 45.5. The average Bonchev–Trinajstić information content (AvgIpc) is 3.40. The van der Waals surface area contributed by atoms with Gasteiger partial charge in [-0.1, -0.05) is 31.2 Å². The molecule has 1 aromatic heterocycles. The van der Waals surface area contributed by atoms with Crippen molar-refractivity contribution in [1.82, 2.24) is 29.7 Å². The lowest BCUT2D eigenvalue weighted by Gasteiger charge is -2.44. The van der Waals surface area contributed by atoms with Crippen molar-refractivity contribution in [3.63, 3.8) is 0 Å². The maximum Gasteiger partial charge on any atom is 0.410 e. The summed E-state index contributed by atoms with van der Waals surface area (Å²) >= 11 is 0. The number of benzene rings is 1. The summed E-state index contributed by atoms with van der Waals surface area (Å²) in [7, 11) is 0. The molecule has 40 heavy (non-hydrogen) atoms. The lowest BCUT2D eigenvalue weighted by molar-refractivity contribution is -0.142. The van der Waals surface area contributed by atoms with Crippen molar-refractivity contribution in [2.24, 2.45) is 11.8 Å². The number of halogens is 1. The number of nitrogens with zero attached hydrogens (tertiary/aromatic N) is 6. The Morgan fingerprint density at radius 3 is 2.48 bits per heavy atom. The molecule has 3 amide bonds. The van der Waals surface area contributed by atoms with E-state index in [-0.39, 0.29) is 36.3 Å². The summed E-state index contributed by atoms with van der Waals surface area (Å²) < 4.78 is 26.6. The van der Waals surface area contributed by atoms with Gasteiger partial charge in [-0.25, -0.2) is 13.9 Å². The highest BCUT2D eigenvalue weighted by Crippen LogP contribution is 2.27. The van der Waals surface area contributed by atoms with Gasteiger partial charge in [0.05, 0.1) is 31.4 Å². The molecular weight excluding hydrogens is 519 g/mol. The molecule has 11 nitrogen and oxygen atoms in total. The summed E-state index contributed by atoms with van der Waals surface area (Å²) in [6.45, 7) is 12.0. The summed E-state index contributed by atoms with van der Waals surface area (Å²) in [6, 6.07) is 5.63. The maximum atomic E-state index is 14.3. The van der Waals surface area contributed by atoms with Crippen LogP contribution in [0.3, 0.4) is 0 Å². The minimum absolute atomic E-state index is 0.0503. The second-order valence-electron chi connectivity index (χ2n) is 11.8. The van der Waals surface area contributed by atoms with Crippen molar-refractivity contribution in [3.8, 4) is 5.69 Å². The number of para-hydroxylation sites is 1. The smallest absolute Gasteiger partial charge is 0.410 e. The van der Waals surface area contributed by atoms with E-state index in [1.54, 1.807) is 48.8 Å². The molecule has 2 aliphatic rings. The van der Waals surface area contributed by atoms with Crippen LogP contribution >= 0.6 is 0 Å². The third-order valence-electron chi connectivity index (χ3n) is 6.83. The first-order valence-electron chi connectivity index (χ1n) is 13.8. The number of likely N-dealkylation sites (tertiary alicyclic amines) is 1. The Hall–Kier alpha value is -3.54. The lowest BCUT2D eigenvalue weighted by Crippen LogP contribution is -2.58. The molecular formula is C28H39FN6O5. The van der Waals surface area contributed by atoms with E-state index in [2.05, 4.69) is 10.3 Å². The number of ether oxygens (including phenoxy) is 2. The first-order chi connectivity index (χ1) is 18.9. The molecule has 0 aliphatic carbocycles. The molecule has 2 aromatic rings. The van der Waals surface area contributed by atoms with Crippen LogP contribution in [0.2, 0.25) is 0 Å². The molecule has 4 rings (SSSR count). The van der Waals surface area contributed by atoms with Crippen LogP contribution in [0.5, 0.6) is 0 Å². The van der Waals surface area contributed by atoms with E-state index >= 15 is 0 Å². The second kappa shape index (κ2) is 12.3. The molecule has 1 aromatic carbocycles. The van der Waals surface area contributed by atoms with E-state index in [1.807, 2.05) is 13.8 Å². The van der Waals surface area contributed by atoms with Gasteiger partial charge in [-0.3, -0.25) is 9.59 Å². The fraction of sp³-hybridized carbons (Fsp3) is 0.607. The Balaban J connectivity index is 1.62. The maximum absolute atomic E-state index is 14.3. The minimum atomic E-state index is -0.716. The Bertz CT molecular complexity index is 1210. The normalized spacial score (nSPS) is 20.0. The Morgan fingerprint density at radius 1 is 1.12 bits per heavy atom. The third kappa shape index (κ3) is 7.15. The number of hydrogen-bond donors (Lipinski definition) is 0. The highest BCUT2D eigenvalue weighted by molar-refractivity contribution is 5.92. The van der Waals surface area contributed by atoms with Gasteiger partial charge in [-0.15, -0.1) is 5.10 Å². The SMILES string of the molecule is CC(C)CN(C(=O)c1cn(-c2ccccc2F)nn1)[C@H]1C[C@@H](C(=O)N2CCOCC2)CN(C(=O)OC(C)(C)C)C1. The van der Waals surface area contributed by atoms with E-state index in [4.69, 9.17) is 9.47 Å². The van der Waals surface area contributed by atoms with Gasteiger partial charge in [0.15, 0.2) is 5.69 Å². The van der Waals surface area contributed by atoms with E-state index in [0.717, 1.165) is 0 Å². The van der Waals surface area contributed by atoms with Crippen molar-refractivity contribution in [1.29, 1.82) is 0 Å². The lowest BCUT2D eigenvalue weighted by atomic mass is 9.91. The molecule has 2 atom stereocenters. The molecule has 2 saturated heterocycles. The molecule has 0 spiro atoms. The molecule has 12 heteroatoms. The molecule has 0 N–H and O–H groups in total. The van der Waals surface area contributed by atoms with Crippen molar-refractivity contribution < 1.29 is 28.2 Å². The highest BCUT2D eigenvalue weighted by atomic mass is 19.1. The monoisotopic (exact) mass is 558 g/mol. The van der Waals surface area contributed by atoms with Gasteiger partial charge in [-0.2, -0.15) is 0 Å². The number of piperidine rings is 1. The molecule has 0 bridgehead atoms. The fourth-order valence-electron chi connectivity index (χ4n) is 5.05. The average molecular weight is 559 g/mol. The van der Waals surface area contributed by atoms with Crippen LogP contribution in [0.25, 0.3) is 5.69 Å². The quantitative estimate of drug-likeness (QED) is 0.536. The topological polar surface area (TPSA) is 110 Å². The Morgan fingerprint density at radius 2 is 1.82 bits per heavy atom. The molecule has 3 heterocycles. The van der Waals surface area contributed by atoms with Gasteiger partial charge < -0.3 is 24.2 Å². The van der Waals surface area contributed by atoms with E-state index < -0.39 is 35.4 Å². The number of hydrogen-bond acceptors (Lipinski definition) is 7. The summed E-state index contributed by atoms with van der Waals surface area (Å²) in [5.41, 5.74) is -0.490. The summed E-state index contributed by atoms with van der Waals surface area (Å²) in [5.74, 6) is -1.37. The van der Waals surface area contributed by atoms with Gasteiger partial charge in [0.1, 0.15) is 17.1 Å². The zero-order chi connectivity index (χ0) is 29.0. The zero-order valence-electron chi connectivity index (χ0n) is 23.9. The van der Waals surface area contributed by atoms with Crippen LogP contribution in [0.15, 0.2) is 30.5 Å². The second-order valence-corrected chi connectivity index (χ2v) is 11.8. The summed E-state index contributed by atoms with van der Waals surface area (Å²) in [6.07, 6.45) is 1.26. The first-order valence-corrected chi connectivity index (χ1v) is 13.8. The van der Waals surface area contributed by atoms with Gasteiger partial charge in [0, 0.05) is 32.7 Å². The Kier molecular flexibility index (Phi) is 9.07. The predicted octanol–water partition coefficient (Wildman–Crippen LogP) is 2.99. The third-order valence-corrected chi connectivity index (χ3v) is 6.83. The van der Waals surface area contributed by atoms with Gasteiger partial charge in [0.25, 0.3) is 5.91 Å². The van der Waals surface area contributed by atoms with Crippen molar-refractivity contribution in [3.05, 3.63) is 42.0 Å². The van der Waals surface area contributed by atoms with Crippen LogP contribution in [0.4, 0.5) is 9.18 Å². The van der Waals surface area contributed by atoms with Crippen LogP contribution in [0.1, 0.15) is 51.5 Å². The molecule has 2 fully saturated rings. The van der Waals surface area contributed by atoms with Crippen LogP contribution in [-0.4, -0.2) is 105 Å². The first kappa shape index (κ1) is 29.4. The van der Waals surface area contributed by atoms with E-state index in [9.17, 15) is 18.8 Å². The van der Waals surface area contributed by atoms with Crippen LogP contribution in [-0.2, 0) is 14.3 Å². The molecule has 2 aliphatic heterocycles. The molecule has 0 unspecified atom stereocenters. The number of carbonyl (C=O) groups excluding carboxylic acids is 3. The predicted molar refractivity (Wildman–Crippen MR) is 144 cm³/mol. The molecule has 218 valence electrons.